The highest BCUT2D eigenvalue weighted by Gasteiger charge is 2.42. The molecule has 3 fully saturated rings. The van der Waals surface area contributed by atoms with Gasteiger partial charge < -0.3 is 10.6 Å². The van der Waals surface area contributed by atoms with Crippen LogP contribution in [0.5, 0.6) is 0 Å². The Labute approximate surface area is 164 Å². The quantitative estimate of drug-likeness (QED) is 0.774. The van der Waals surface area contributed by atoms with E-state index in [0.717, 1.165) is 35.7 Å². The molecule has 1 aliphatic carbocycles. The molecule has 2 amide bonds. The van der Waals surface area contributed by atoms with Gasteiger partial charge >= 0.3 is 6.03 Å². The van der Waals surface area contributed by atoms with Crippen molar-refractivity contribution in [2.45, 2.75) is 102 Å². The molecule has 0 unspecified atom stereocenters. The number of para-hydroxylation sites is 1. The number of nitrogens with zero attached hydrogens (tertiary/aromatic N) is 1. The predicted molar refractivity (Wildman–Crippen MR) is 111 cm³/mol. The molecule has 1 saturated carbocycles. The van der Waals surface area contributed by atoms with E-state index >= 15 is 0 Å². The molecule has 148 valence electrons. The number of carbonyl (C=O) groups is 1. The number of anilines is 1. The Morgan fingerprint density at radius 2 is 1.48 bits per heavy atom. The summed E-state index contributed by atoms with van der Waals surface area (Å²) in [5.74, 6) is 0. The zero-order valence-corrected chi connectivity index (χ0v) is 17.0. The molecule has 4 heteroatoms. The topological polar surface area (TPSA) is 44.4 Å². The van der Waals surface area contributed by atoms with E-state index in [0.29, 0.717) is 18.1 Å². The van der Waals surface area contributed by atoms with Crippen molar-refractivity contribution >= 4 is 11.7 Å². The SMILES string of the molecule is Cc1cccc(C)c1NC(=O)NC1C[C@@H]2CCC[C@@H](C1)N2C1CCCCC1. The monoisotopic (exact) mass is 369 g/mol. The zero-order chi connectivity index (χ0) is 18.8. The first-order valence-electron chi connectivity index (χ1n) is 11.0. The number of aryl methyl sites for hydroxylation is 2. The molecule has 3 aliphatic rings. The van der Waals surface area contributed by atoms with Gasteiger partial charge in [-0.3, -0.25) is 4.90 Å². The summed E-state index contributed by atoms with van der Waals surface area (Å²) in [6.07, 6.45) is 13.2. The molecule has 2 saturated heterocycles. The van der Waals surface area contributed by atoms with Gasteiger partial charge in [0.05, 0.1) is 0 Å². The number of benzene rings is 1. The van der Waals surface area contributed by atoms with Crippen molar-refractivity contribution in [3.63, 3.8) is 0 Å². The van der Waals surface area contributed by atoms with Crippen molar-refractivity contribution in [3.8, 4) is 0 Å². The van der Waals surface area contributed by atoms with Gasteiger partial charge in [-0.05, 0) is 63.5 Å². The lowest BCUT2D eigenvalue weighted by Crippen LogP contribution is -2.60. The van der Waals surface area contributed by atoms with Crippen molar-refractivity contribution < 1.29 is 4.79 Å². The van der Waals surface area contributed by atoms with Crippen molar-refractivity contribution in [2.75, 3.05) is 5.32 Å². The standard InChI is InChI=1S/C23H35N3O/c1-16-8-6-9-17(2)22(16)25-23(27)24-18-14-20-12-7-13-21(15-18)26(20)19-10-4-3-5-11-19/h6,8-9,18-21H,3-5,7,10-15H2,1-2H3,(H2,24,25,27)/t20-,21-/m0/s1. The molecule has 1 aromatic rings. The molecule has 0 radical (unpaired) electrons. The van der Waals surface area contributed by atoms with Gasteiger partial charge in [0, 0.05) is 29.9 Å². The molecule has 2 atom stereocenters. The van der Waals surface area contributed by atoms with E-state index < -0.39 is 0 Å². The third-order valence-corrected chi connectivity index (χ3v) is 7.08. The lowest BCUT2D eigenvalue weighted by molar-refractivity contribution is -0.0202. The van der Waals surface area contributed by atoms with Crippen LogP contribution in [0.4, 0.5) is 10.5 Å². The van der Waals surface area contributed by atoms with Crippen molar-refractivity contribution in [1.82, 2.24) is 10.2 Å². The zero-order valence-electron chi connectivity index (χ0n) is 17.0. The van der Waals surface area contributed by atoms with Crippen molar-refractivity contribution in [2.24, 2.45) is 0 Å². The highest BCUT2D eigenvalue weighted by molar-refractivity contribution is 5.91. The molecular formula is C23H35N3O. The second kappa shape index (κ2) is 8.22. The Balaban J connectivity index is 1.38. The summed E-state index contributed by atoms with van der Waals surface area (Å²) < 4.78 is 0. The number of hydrogen-bond donors (Lipinski definition) is 2. The van der Waals surface area contributed by atoms with Crippen LogP contribution in [0.3, 0.4) is 0 Å². The molecule has 27 heavy (non-hydrogen) atoms. The Kier molecular flexibility index (Phi) is 5.72. The minimum absolute atomic E-state index is 0.0402. The van der Waals surface area contributed by atoms with Crippen LogP contribution < -0.4 is 10.6 Å². The van der Waals surface area contributed by atoms with Crippen LogP contribution in [0.1, 0.15) is 75.3 Å². The van der Waals surface area contributed by atoms with Gasteiger partial charge in [0.1, 0.15) is 0 Å². The Morgan fingerprint density at radius 1 is 0.889 bits per heavy atom. The van der Waals surface area contributed by atoms with E-state index in [1.54, 1.807) is 0 Å². The highest BCUT2D eigenvalue weighted by Crippen LogP contribution is 2.39. The maximum Gasteiger partial charge on any atom is 0.319 e. The fourth-order valence-electron chi connectivity index (χ4n) is 5.86. The van der Waals surface area contributed by atoms with E-state index in [1.165, 1.54) is 51.4 Å². The number of urea groups is 1. The average molecular weight is 370 g/mol. The minimum Gasteiger partial charge on any atom is -0.335 e. The normalized spacial score (nSPS) is 29.3. The lowest BCUT2D eigenvalue weighted by Gasteiger charge is -2.53. The lowest BCUT2D eigenvalue weighted by atomic mass is 9.78. The number of hydrogen-bond acceptors (Lipinski definition) is 2. The number of amides is 2. The maximum absolute atomic E-state index is 12.7. The molecule has 2 heterocycles. The van der Waals surface area contributed by atoms with Crippen LogP contribution in [0.15, 0.2) is 18.2 Å². The molecule has 1 aromatic carbocycles. The molecule has 2 bridgehead atoms. The first-order valence-corrected chi connectivity index (χ1v) is 11.0. The van der Waals surface area contributed by atoms with E-state index in [-0.39, 0.29) is 6.03 Å². The molecule has 0 aromatic heterocycles. The smallest absolute Gasteiger partial charge is 0.319 e. The number of rotatable bonds is 3. The molecular weight excluding hydrogens is 334 g/mol. The van der Waals surface area contributed by atoms with Crippen LogP contribution in [0.2, 0.25) is 0 Å². The number of fused-ring (bicyclic) bond motifs is 2. The van der Waals surface area contributed by atoms with Gasteiger partial charge in [0.2, 0.25) is 0 Å². The number of carbonyl (C=O) groups excluding carboxylic acids is 1. The van der Waals surface area contributed by atoms with Gasteiger partial charge in [-0.1, -0.05) is 43.9 Å². The van der Waals surface area contributed by atoms with Crippen LogP contribution in [0, 0.1) is 13.8 Å². The first kappa shape index (κ1) is 18.8. The maximum atomic E-state index is 12.7. The van der Waals surface area contributed by atoms with Gasteiger partial charge in [-0.25, -0.2) is 4.79 Å². The summed E-state index contributed by atoms with van der Waals surface area (Å²) in [7, 11) is 0. The van der Waals surface area contributed by atoms with Crippen LogP contribution in [-0.2, 0) is 0 Å². The summed E-state index contributed by atoms with van der Waals surface area (Å²) in [6.45, 7) is 4.10. The summed E-state index contributed by atoms with van der Waals surface area (Å²) >= 11 is 0. The third kappa shape index (κ3) is 4.16. The van der Waals surface area contributed by atoms with E-state index in [4.69, 9.17) is 0 Å². The number of piperidine rings is 2. The van der Waals surface area contributed by atoms with Gasteiger partial charge in [0.15, 0.2) is 0 Å². The van der Waals surface area contributed by atoms with Crippen LogP contribution in [0.25, 0.3) is 0 Å². The number of nitrogens with one attached hydrogen (secondary N) is 2. The fourth-order valence-corrected chi connectivity index (χ4v) is 5.86. The van der Waals surface area contributed by atoms with Crippen molar-refractivity contribution in [3.05, 3.63) is 29.3 Å². The second-order valence-electron chi connectivity index (χ2n) is 9.01. The third-order valence-electron chi connectivity index (χ3n) is 7.08. The van der Waals surface area contributed by atoms with Crippen LogP contribution >= 0.6 is 0 Å². The van der Waals surface area contributed by atoms with Gasteiger partial charge in [-0.2, -0.15) is 0 Å². The molecule has 2 aliphatic heterocycles. The first-order chi connectivity index (χ1) is 13.1. The second-order valence-corrected chi connectivity index (χ2v) is 9.01. The average Bonchev–Trinajstić information content (AvgIpc) is 2.65. The molecule has 2 N–H and O–H groups in total. The van der Waals surface area contributed by atoms with E-state index in [9.17, 15) is 4.79 Å². The highest BCUT2D eigenvalue weighted by atomic mass is 16.2. The fraction of sp³-hybridized carbons (Fsp3) is 0.696. The van der Waals surface area contributed by atoms with Gasteiger partial charge in [-0.15, -0.1) is 0 Å². The largest absolute Gasteiger partial charge is 0.335 e. The Bertz CT molecular complexity index is 633. The predicted octanol–water partition coefficient (Wildman–Crippen LogP) is 5.14. The summed E-state index contributed by atoms with van der Waals surface area (Å²) in [6, 6.07) is 8.56. The van der Waals surface area contributed by atoms with Gasteiger partial charge in [0.25, 0.3) is 0 Å². The Morgan fingerprint density at radius 3 is 2.11 bits per heavy atom. The Hall–Kier alpha value is -1.55. The minimum atomic E-state index is -0.0402. The van der Waals surface area contributed by atoms with Crippen LogP contribution in [-0.4, -0.2) is 35.1 Å². The summed E-state index contributed by atoms with van der Waals surface area (Å²) in [4.78, 5) is 15.5. The molecule has 4 nitrogen and oxygen atoms in total. The molecule has 4 rings (SSSR count). The van der Waals surface area contributed by atoms with E-state index in [2.05, 4.69) is 41.5 Å². The summed E-state index contributed by atoms with van der Waals surface area (Å²) in [5, 5.41) is 6.40. The van der Waals surface area contributed by atoms with E-state index in [1.807, 2.05) is 6.07 Å². The summed E-state index contributed by atoms with van der Waals surface area (Å²) in [5.41, 5.74) is 3.19. The molecule has 0 spiro atoms. The van der Waals surface area contributed by atoms with Crippen molar-refractivity contribution in [1.29, 1.82) is 0 Å².